The molecule has 0 amide bonds. The number of benzene rings is 1. The van der Waals surface area contributed by atoms with Crippen molar-refractivity contribution >= 4 is 12.0 Å². The van der Waals surface area contributed by atoms with Crippen LogP contribution in [0.2, 0.25) is 0 Å². The number of hydrogen-bond donors (Lipinski definition) is 1. The van der Waals surface area contributed by atoms with E-state index in [-0.39, 0.29) is 6.10 Å². The molecule has 5 heteroatoms. The van der Waals surface area contributed by atoms with Gasteiger partial charge in [-0.05, 0) is 19.2 Å². The van der Waals surface area contributed by atoms with E-state index in [1.807, 2.05) is 24.3 Å². The maximum atomic E-state index is 10.6. The van der Waals surface area contributed by atoms with Gasteiger partial charge in [0, 0.05) is 24.7 Å². The molecule has 108 valence electrons. The van der Waals surface area contributed by atoms with Gasteiger partial charge < -0.3 is 19.5 Å². The second-order valence-corrected chi connectivity index (χ2v) is 4.78. The molecule has 0 bridgehead atoms. The van der Waals surface area contributed by atoms with Crippen molar-refractivity contribution in [2.75, 3.05) is 33.4 Å². The minimum atomic E-state index is -0.975. The van der Waals surface area contributed by atoms with Crippen LogP contribution < -0.4 is 4.74 Å². The van der Waals surface area contributed by atoms with Crippen LogP contribution in [0.5, 0.6) is 5.75 Å². The molecular weight excluding hydrogens is 258 g/mol. The molecule has 1 atom stereocenters. The van der Waals surface area contributed by atoms with Crippen molar-refractivity contribution in [1.82, 2.24) is 4.90 Å². The van der Waals surface area contributed by atoms with Crippen LogP contribution in [-0.4, -0.2) is 55.4 Å². The van der Waals surface area contributed by atoms with Crippen molar-refractivity contribution in [1.29, 1.82) is 0 Å². The second kappa shape index (κ2) is 7.07. The molecule has 20 heavy (non-hydrogen) atoms. The zero-order chi connectivity index (χ0) is 14.4. The van der Waals surface area contributed by atoms with E-state index in [9.17, 15) is 4.79 Å². The van der Waals surface area contributed by atoms with Crippen LogP contribution in [0.15, 0.2) is 30.3 Å². The molecule has 0 saturated carbocycles. The summed E-state index contributed by atoms with van der Waals surface area (Å²) in [6.45, 7) is 2.95. The standard InChI is InChI=1S/C15H19NO4/c1-16-8-9-19-13(10-16)11-20-14-5-3-2-4-12(14)6-7-15(17)18/h2-7,13H,8-11H2,1H3,(H,17,18). The van der Waals surface area contributed by atoms with Gasteiger partial charge >= 0.3 is 5.97 Å². The quantitative estimate of drug-likeness (QED) is 0.826. The van der Waals surface area contributed by atoms with Crippen molar-refractivity contribution in [3.8, 4) is 5.75 Å². The van der Waals surface area contributed by atoms with Crippen molar-refractivity contribution in [2.45, 2.75) is 6.10 Å². The van der Waals surface area contributed by atoms with Gasteiger partial charge in [-0.1, -0.05) is 18.2 Å². The molecule has 1 fully saturated rings. The molecule has 1 N–H and O–H groups in total. The van der Waals surface area contributed by atoms with E-state index < -0.39 is 5.97 Å². The fourth-order valence-electron chi connectivity index (χ4n) is 2.06. The van der Waals surface area contributed by atoms with E-state index in [0.717, 1.165) is 24.7 Å². The Kier molecular flexibility index (Phi) is 5.15. The first-order chi connectivity index (χ1) is 9.65. The average molecular weight is 277 g/mol. The Morgan fingerprint density at radius 2 is 2.35 bits per heavy atom. The van der Waals surface area contributed by atoms with Gasteiger partial charge in [0.25, 0.3) is 0 Å². The molecule has 5 nitrogen and oxygen atoms in total. The fourth-order valence-corrected chi connectivity index (χ4v) is 2.06. The minimum absolute atomic E-state index is 0.0465. The molecule has 1 saturated heterocycles. The van der Waals surface area contributed by atoms with Gasteiger partial charge in [-0.15, -0.1) is 0 Å². The van der Waals surface area contributed by atoms with E-state index in [1.165, 1.54) is 6.08 Å². The summed E-state index contributed by atoms with van der Waals surface area (Å²) in [7, 11) is 2.05. The van der Waals surface area contributed by atoms with Gasteiger partial charge in [-0.2, -0.15) is 0 Å². The molecule has 2 rings (SSSR count). The third-order valence-electron chi connectivity index (χ3n) is 3.09. The first kappa shape index (κ1) is 14.6. The number of ether oxygens (including phenoxy) is 2. The number of carboxylic acids is 1. The molecule has 0 aromatic heterocycles. The van der Waals surface area contributed by atoms with Crippen LogP contribution in [-0.2, 0) is 9.53 Å². The van der Waals surface area contributed by atoms with Crippen LogP contribution in [0.4, 0.5) is 0 Å². The van der Waals surface area contributed by atoms with Crippen molar-refractivity contribution < 1.29 is 19.4 Å². The molecule has 1 aromatic rings. The number of carbonyl (C=O) groups is 1. The average Bonchev–Trinajstić information content (AvgIpc) is 2.44. The highest BCUT2D eigenvalue weighted by Gasteiger charge is 2.18. The zero-order valence-electron chi connectivity index (χ0n) is 11.5. The maximum Gasteiger partial charge on any atom is 0.328 e. The van der Waals surface area contributed by atoms with E-state index in [4.69, 9.17) is 14.6 Å². The number of para-hydroxylation sites is 1. The summed E-state index contributed by atoms with van der Waals surface area (Å²) < 4.78 is 11.4. The monoisotopic (exact) mass is 277 g/mol. The topological polar surface area (TPSA) is 59.0 Å². The lowest BCUT2D eigenvalue weighted by molar-refractivity contribution is -0.131. The minimum Gasteiger partial charge on any atom is -0.490 e. The number of nitrogens with zero attached hydrogens (tertiary/aromatic N) is 1. The van der Waals surface area contributed by atoms with Crippen molar-refractivity contribution in [2.24, 2.45) is 0 Å². The number of rotatable bonds is 5. The lowest BCUT2D eigenvalue weighted by Crippen LogP contribution is -2.42. The largest absolute Gasteiger partial charge is 0.490 e. The lowest BCUT2D eigenvalue weighted by Gasteiger charge is -2.30. The Morgan fingerprint density at radius 1 is 1.55 bits per heavy atom. The molecule has 1 heterocycles. The van der Waals surface area contributed by atoms with Crippen molar-refractivity contribution in [3.63, 3.8) is 0 Å². The number of likely N-dealkylation sites (N-methyl/N-ethyl adjacent to an activating group) is 1. The van der Waals surface area contributed by atoms with Crippen LogP contribution in [0.1, 0.15) is 5.56 Å². The molecular formula is C15H19NO4. The Labute approximate surface area is 118 Å². The van der Waals surface area contributed by atoms with E-state index in [0.29, 0.717) is 19.0 Å². The number of aliphatic carboxylic acids is 1. The Balaban J connectivity index is 1.96. The highest BCUT2D eigenvalue weighted by atomic mass is 16.5. The molecule has 0 aliphatic carbocycles. The molecule has 1 aliphatic rings. The summed E-state index contributed by atoms with van der Waals surface area (Å²) in [5, 5.41) is 8.68. The molecule has 0 radical (unpaired) electrons. The third-order valence-corrected chi connectivity index (χ3v) is 3.09. The third kappa shape index (κ3) is 4.36. The molecule has 1 aromatic carbocycles. The Hall–Kier alpha value is -1.85. The zero-order valence-corrected chi connectivity index (χ0v) is 11.5. The molecule has 1 unspecified atom stereocenters. The second-order valence-electron chi connectivity index (χ2n) is 4.78. The van der Waals surface area contributed by atoms with E-state index in [1.54, 1.807) is 0 Å². The smallest absolute Gasteiger partial charge is 0.328 e. The summed E-state index contributed by atoms with van der Waals surface area (Å²) in [5.41, 5.74) is 0.749. The van der Waals surface area contributed by atoms with Gasteiger partial charge in [-0.3, -0.25) is 0 Å². The molecule has 1 aliphatic heterocycles. The summed E-state index contributed by atoms with van der Waals surface area (Å²) in [6, 6.07) is 7.36. The highest BCUT2D eigenvalue weighted by molar-refractivity contribution is 5.85. The fraction of sp³-hybridized carbons (Fsp3) is 0.400. The first-order valence-electron chi connectivity index (χ1n) is 6.58. The summed E-state index contributed by atoms with van der Waals surface area (Å²) in [5.74, 6) is -0.307. The van der Waals surface area contributed by atoms with Crippen LogP contribution in [0.25, 0.3) is 6.08 Å². The van der Waals surface area contributed by atoms with Crippen molar-refractivity contribution in [3.05, 3.63) is 35.9 Å². The number of hydrogen-bond acceptors (Lipinski definition) is 4. The Morgan fingerprint density at radius 3 is 3.10 bits per heavy atom. The van der Waals surface area contributed by atoms with Crippen LogP contribution >= 0.6 is 0 Å². The molecule has 0 spiro atoms. The maximum absolute atomic E-state index is 10.6. The van der Waals surface area contributed by atoms with Gasteiger partial charge in [0.05, 0.1) is 6.61 Å². The number of morpholine rings is 1. The highest BCUT2D eigenvalue weighted by Crippen LogP contribution is 2.20. The van der Waals surface area contributed by atoms with E-state index >= 15 is 0 Å². The van der Waals surface area contributed by atoms with E-state index in [2.05, 4.69) is 11.9 Å². The first-order valence-corrected chi connectivity index (χ1v) is 6.58. The summed E-state index contributed by atoms with van der Waals surface area (Å²) in [6.07, 6.45) is 2.68. The van der Waals surface area contributed by atoms with Crippen LogP contribution in [0, 0.1) is 0 Å². The van der Waals surface area contributed by atoms with Gasteiger partial charge in [0.15, 0.2) is 0 Å². The number of carboxylic acid groups (broad SMARTS) is 1. The normalized spacial score (nSPS) is 20.1. The van der Waals surface area contributed by atoms with Gasteiger partial charge in [-0.25, -0.2) is 4.79 Å². The van der Waals surface area contributed by atoms with Gasteiger partial charge in [0.1, 0.15) is 18.5 Å². The predicted molar refractivity (Wildman–Crippen MR) is 75.8 cm³/mol. The predicted octanol–water partition coefficient (Wildman–Crippen LogP) is 1.49. The summed E-state index contributed by atoms with van der Waals surface area (Å²) >= 11 is 0. The lowest BCUT2D eigenvalue weighted by atomic mass is 10.2. The SMILES string of the molecule is CN1CCOC(COc2ccccc2C=CC(=O)O)C1. The summed E-state index contributed by atoms with van der Waals surface area (Å²) in [4.78, 5) is 12.8. The van der Waals surface area contributed by atoms with Gasteiger partial charge in [0.2, 0.25) is 0 Å². The van der Waals surface area contributed by atoms with Crippen LogP contribution in [0.3, 0.4) is 0 Å². The Bertz CT molecular complexity index is 487.